The van der Waals surface area contributed by atoms with Crippen LogP contribution in [0.2, 0.25) is 0 Å². The van der Waals surface area contributed by atoms with Crippen molar-refractivity contribution in [3.8, 4) is 0 Å². The van der Waals surface area contributed by atoms with Crippen LogP contribution >= 0.6 is 8.46 Å². The van der Waals surface area contributed by atoms with E-state index < -0.39 is 31.4 Å². The third-order valence-electron chi connectivity index (χ3n) is 4.62. The highest BCUT2D eigenvalue weighted by molar-refractivity contribution is 7.25. The number of benzene rings is 1. The van der Waals surface area contributed by atoms with Crippen LogP contribution in [0.4, 0.5) is 0 Å². The molecule has 2 unspecified atom stereocenters. The first-order valence-electron chi connectivity index (χ1n) is 8.17. The summed E-state index contributed by atoms with van der Waals surface area (Å²) in [6.07, 6.45) is 1.58. The van der Waals surface area contributed by atoms with E-state index in [0.29, 0.717) is 13.0 Å². The van der Waals surface area contributed by atoms with Crippen LogP contribution in [0.1, 0.15) is 49.0 Å². The highest BCUT2D eigenvalue weighted by Gasteiger charge is 2.49. The van der Waals surface area contributed by atoms with E-state index >= 15 is 0 Å². The van der Waals surface area contributed by atoms with Crippen molar-refractivity contribution in [1.29, 1.82) is 0 Å². The molecule has 1 aromatic carbocycles. The Morgan fingerprint density at radius 3 is 2.83 bits per heavy atom. The molecule has 0 aromatic heterocycles. The Labute approximate surface area is 143 Å². The number of hydrogen-bond donors (Lipinski definition) is 3. The molecule has 0 amide bonds. The van der Waals surface area contributed by atoms with Gasteiger partial charge in [0.05, 0.1) is 17.7 Å². The van der Waals surface area contributed by atoms with E-state index in [1.165, 1.54) is 0 Å². The van der Waals surface area contributed by atoms with Gasteiger partial charge in [0.25, 0.3) is 5.34 Å². The molecule has 7 heteroatoms. The van der Waals surface area contributed by atoms with Crippen LogP contribution in [0.15, 0.2) is 24.3 Å². The highest BCUT2D eigenvalue weighted by atomic mass is 31.1. The summed E-state index contributed by atoms with van der Waals surface area (Å²) in [6, 6.07) is 6.72. The zero-order chi connectivity index (χ0) is 17.8. The van der Waals surface area contributed by atoms with Crippen LogP contribution in [-0.2, 0) is 14.8 Å². The zero-order valence-electron chi connectivity index (χ0n) is 14.0. The van der Waals surface area contributed by atoms with Crippen LogP contribution in [0.3, 0.4) is 0 Å². The maximum absolute atomic E-state index is 11.5. The molecule has 1 aromatic rings. The van der Waals surface area contributed by atoms with Gasteiger partial charge in [0.15, 0.2) is 0 Å². The maximum Gasteiger partial charge on any atom is 0.362 e. The van der Waals surface area contributed by atoms with Gasteiger partial charge in [-0.2, -0.15) is 0 Å². The molecule has 132 valence electrons. The van der Waals surface area contributed by atoms with Crippen LogP contribution in [-0.4, -0.2) is 40.8 Å². The van der Waals surface area contributed by atoms with Crippen molar-refractivity contribution in [2.45, 2.75) is 50.1 Å². The average Bonchev–Trinajstić information content (AvgIpc) is 2.60. The lowest BCUT2D eigenvalue weighted by Crippen LogP contribution is -2.58. The van der Waals surface area contributed by atoms with Gasteiger partial charge in [0, 0.05) is 13.0 Å². The predicted octanol–water partition coefficient (Wildman–Crippen LogP) is 2.49. The van der Waals surface area contributed by atoms with Crippen LogP contribution < -0.4 is 5.32 Å². The van der Waals surface area contributed by atoms with Crippen molar-refractivity contribution < 1.29 is 24.3 Å². The number of carboxylic acids is 1. The number of hydrogen-bond acceptors (Lipinski definition) is 5. The number of carboxylic acid groups (broad SMARTS) is 1. The van der Waals surface area contributed by atoms with Crippen molar-refractivity contribution in [1.82, 2.24) is 5.32 Å². The van der Waals surface area contributed by atoms with E-state index in [1.807, 2.05) is 19.9 Å². The van der Waals surface area contributed by atoms with Gasteiger partial charge in [-0.15, -0.1) is 0 Å². The first-order valence-corrected chi connectivity index (χ1v) is 9.07. The normalized spacial score (nSPS) is 26.9. The number of morpholine rings is 1. The fourth-order valence-electron chi connectivity index (χ4n) is 2.91. The zero-order valence-corrected chi connectivity index (χ0v) is 15.0. The highest BCUT2D eigenvalue weighted by Crippen LogP contribution is 2.35. The smallest absolute Gasteiger partial charge is 0.362 e. The minimum Gasteiger partial charge on any atom is -0.478 e. The molecule has 1 fully saturated rings. The van der Waals surface area contributed by atoms with Crippen molar-refractivity contribution >= 4 is 14.4 Å². The molecule has 1 heterocycles. The lowest BCUT2D eigenvalue weighted by molar-refractivity contribution is -0.106. The Balaban J connectivity index is 2.11. The molecule has 1 aliphatic heterocycles. The molecule has 0 saturated carbocycles. The predicted molar refractivity (Wildman–Crippen MR) is 92.0 cm³/mol. The van der Waals surface area contributed by atoms with E-state index in [1.54, 1.807) is 18.2 Å². The van der Waals surface area contributed by atoms with Gasteiger partial charge < -0.3 is 20.3 Å². The van der Waals surface area contributed by atoms with Gasteiger partial charge >= 0.3 is 14.4 Å². The standard InChI is InChI=1S/C17H24NO5P/c1-3-4-8-17(21,24-22)14-10-18-16(2,11-23-14)13-7-5-6-12(9-13)15(19)20/h5-7,9,14,18,21H,3-4,8,10-11H2,1-2H3,(H,19,20)/p+1/t14-,16+,17?/m1/s1. The number of ether oxygens (including phenoxy) is 1. The summed E-state index contributed by atoms with van der Waals surface area (Å²) in [4.78, 5) is 11.1. The quantitative estimate of drug-likeness (QED) is 0.651. The molecule has 2 rings (SSSR count). The van der Waals surface area contributed by atoms with E-state index in [0.717, 1.165) is 18.4 Å². The topological polar surface area (TPSA) is 95.9 Å². The van der Waals surface area contributed by atoms with Gasteiger partial charge in [0.1, 0.15) is 6.10 Å². The molecular formula is C17H25NO5P+. The Kier molecular flexibility index (Phi) is 6.10. The van der Waals surface area contributed by atoms with Gasteiger partial charge in [-0.05, 0) is 31.0 Å². The monoisotopic (exact) mass is 354 g/mol. The van der Waals surface area contributed by atoms with Crippen molar-refractivity contribution in [3.05, 3.63) is 35.4 Å². The first-order chi connectivity index (χ1) is 11.3. The molecule has 6 nitrogen and oxygen atoms in total. The summed E-state index contributed by atoms with van der Waals surface area (Å²) in [5.41, 5.74) is 0.472. The summed E-state index contributed by atoms with van der Waals surface area (Å²) in [7, 11) is -0.852. The summed E-state index contributed by atoms with van der Waals surface area (Å²) < 4.78 is 17.4. The van der Waals surface area contributed by atoms with E-state index in [4.69, 9.17) is 9.84 Å². The van der Waals surface area contributed by atoms with Crippen molar-refractivity contribution in [2.24, 2.45) is 0 Å². The summed E-state index contributed by atoms with van der Waals surface area (Å²) in [5, 5.41) is 21.7. The number of nitrogens with one attached hydrogen (secondary N) is 1. The van der Waals surface area contributed by atoms with Gasteiger partial charge in [-0.25, -0.2) is 4.79 Å². The molecule has 0 radical (unpaired) electrons. The third-order valence-corrected chi connectivity index (χ3v) is 5.54. The fourth-order valence-corrected chi connectivity index (χ4v) is 3.50. The minimum atomic E-state index is -1.34. The van der Waals surface area contributed by atoms with Gasteiger partial charge in [0.2, 0.25) is 0 Å². The maximum atomic E-state index is 11.5. The summed E-state index contributed by atoms with van der Waals surface area (Å²) in [5.74, 6) is -0.975. The van der Waals surface area contributed by atoms with E-state index in [9.17, 15) is 14.5 Å². The third kappa shape index (κ3) is 4.01. The molecule has 0 aliphatic carbocycles. The summed E-state index contributed by atoms with van der Waals surface area (Å²) >= 11 is 0. The molecule has 4 atom stereocenters. The molecular weight excluding hydrogens is 329 g/mol. The molecule has 1 aliphatic rings. The van der Waals surface area contributed by atoms with E-state index in [-0.39, 0.29) is 12.2 Å². The van der Waals surface area contributed by atoms with Gasteiger partial charge in [-0.1, -0.05) is 30.0 Å². The van der Waals surface area contributed by atoms with Gasteiger partial charge in [-0.3, -0.25) is 0 Å². The Morgan fingerprint density at radius 2 is 2.29 bits per heavy atom. The second-order valence-electron chi connectivity index (χ2n) is 6.53. The molecule has 24 heavy (non-hydrogen) atoms. The molecule has 0 spiro atoms. The minimum absolute atomic E-state index is 0.220. The van der Waals surface area contributed by atoms with Crippen LogP contribution in [0, 0.1) is 0 Å². The lowest BCUT2D eigenvalue weighted by Gasteiger charge is -2.41. The first kappa shape index (κ1) is 19.0. The number of carbonyl (C=O) groups is 1. The average molecular weight is 354 g/mol. The summed E-state index contributed by atoms with van der Waals surface area (Å²) in [6.45, 7) is 4.55. The molecule has 3 N–H and O–H groups in total. The number of aromatic carboxylic acids is 1. The second-order valence-corrected chi connectivity index (χ2v) is 7.60. The SMILES string of the molecule is CCCCC(O)([PH+]=O)[C@H]1CN[C@](C)(c2cccc(C(=O)O)c2)CO1. The Bertz CT molecular complexity index is 600. The van der Waals surface area contributed by atoms with Crippen molar-refractivity contribution in [2.75, 3.05) is 13.2 Å². The van der Waals surface area contributed by atoms with Crippen molar-refractivity contribution in [3.63, 3.8) is 0 Å². The lowest BCUT2D eigenvalue weighted by atomic mass is 9.89. The number of aliphatic hydroxyl groups is 1. The van der Waals surface area contributed by atoms with Crippen LogP contribution in [0.5, 0.6) is 0 Å². The number of rotatable bonds is 7. The van der Waals surface area contributed by atoms with E-state index in [2.05, 4.69) is 5.32 Å². The molecule has 1 saturated heterocycles. The second kappa shape index (κ2) is 7.70. The number of unbranched alkanes of at least 4 members (excludes halogenated alkanes) is 1. The Hall–Kier alpha value is -1.33. The fraction of sp³-hybridized carbons (Fsp3) is 0.588. The largest absolute Gasteiger partial charge is 0.478 e. The Morgan fingerprint density at radius 1 is 1.54 bits per heavy atom. The molecule has 0 bridgehead atoms. The van der Waals surface area contributed by atoms with Crippen LogP contribution in [0.25, 0.3) is 0 Å².